The summed E-state index contributed by atoms with van der Waals surface area (Å²) in [6.45, 7) is 7.10. The highest BCUT2D eigenvalue weighted by molar-refractivity contribution is 5.94. The number of hydrogen-bond donors (Lipinski definition) is 1. The highest BCUT2D eigenvalue weighted by Crippen LogP contribution is 2.23. The first kappa shape index (κ1) is 21.7. The van der Waals surface area contributed by atoms with Crippen LogP contribution >= 0.6 is 12.4 Å². The van der Waals surface area contributed by atoms with E-state index in [-0.39, 0.29) is 24.2 Å². The SMILES string of the molecule is CC(CC(=O)N1CCCN(C(=O)c2ccccc2)CC1)C1CCCNC1.Cl. The molecule has 3 rings (SSSR count). The van der Waals surface area contributed by atoms with E-state index in [2.05, 4.69) is 12.2 Å². The van der Waals surface area contributed by atoms with E-state index in [4.69, 9.17) is 0 Å². The van der Waals surface area contributed by atoms with Gasteiger partial charge in [-0.25, -0.2) is 0 Å². The molecule has 0 aromatic heterocycles. The van der Waals surface area contributed by atoms with Crippen molar-refractivity contribution in [1.29, 1.82) is 0 Å². The first-order chi connectivity index (χ1) is 12.6. The Hall–Kier alpha value is -1.59. The van der Waals surface area contributed by atoms with Gasteiger partial charge in [-0.2, -0.15) is 0 Å². The number of nitrogens with one attached hydrogen (secondary N) is 1. The third-order valence-corrected chi connectivity index (χ3v) is 5.79. The molecule has 6 heteroatoms. The topological polar surface area (TPSA) is 52.7 Å². The van der Waals surface area contributed by atoms with Gasteiger partial charge < -0.3 is 15.1 Å². The van der Waals surface area contributed by atoms with Crippen LogP contribution in [0.3, 0.4) is 0 Å². The average Bonchev–Trinajstić information content (AvgIpc) is 2.95. The number of amides is 2. The molecule has 1 N–H and O–H groups in total. The highest BCUT2D eigenvalue weighted by Gasteiger charge is 2.26. The van der Waals surface area contributed by atoms with Gasteiger partial charge in [0.05, 0.1) is 0 Å². The molecule has 0 bridgehead atoms. The molecule has 5 nitrogen and oxygen atoms in total. The van der Waals surface area contributed by atoms with E-state index in [0.717, 1.165) is 38.2 Å². The lowest BCUT2D eigenvalue weighted by Crippen LogP contribution is -2.39. The van der Waals surface area contributed by atoms with Crippen LogP contribution in [0, 0.1) is 11.8 Å². The zero-order valence-electron chi connectivity index (χ0n) is 16.2. The molecule has 2 fully saturated rings. The smallest absolute Gasteiger partial charge is 0.253 e. The average molecular weight is 394 g/mol. The van der Waals surface area contributed by atoms with Gasteiger partial charge in [-0.1, -0.05) is 25.1 Å². The second kappa shape index (κ2) is 10.7. The zero-order chi connectivity index (χ0) is 18.4. The molecule has 2 saturated heterocycles. The molecule has 1 aromatic rings. The van der Waals surface area contributed by atoms with Gasteiger partial charge in [0.15, 0.2) is 0 Å². The molecule has 2 amide bonds. The summed E-state index contributed by atoms with van der Waals surface area (Å²) in [7, 11) is 0. The van der Waals surface area contributed by atoms with Crippen molar-refractivity contribution in [2.45, 2.75) is 32.6 Å². The van der Waals surface area contributed by atoms with E-state index in [0.29, 0.717) is 31.3 Å². The molecule has 0 spiro atoms. The number of nitrogens with zero attached hydrogens (tertiary/aromatic N) is 2. The summed E-state index contributed by atoms with van der Waals surface area (Å²) >= 11 is 0. The second-order valence-electron chi connectivity index (χ2n) is 7.68. The van der Waals surface area contributed by atoms with Crippen molar-refractivity contribution in [3.8, 4) is 0 Å². The van der Waals surface area contributed by atoms with Crippen LogP contribution in [0.2, 0.25) is 0 Å². The maximum absolute atomic E-state index is 12.8. The van der Waals surface area contributed by atoms with Gasteiger partial charge in [0, 0.05) is 38.2 Å². The van der Waals surface area contributed by atoms with Gasteiger partial charge in [-0.05, 0) is 56.3 Å². The monoisotopic (exact) mass is 393 g/mol. The largest absolute Gasteiger partial charge is 0.341 e. The Bertz CT molecular complexity index is 605. The van der Waals surface area contributed by atoms with Crippen molar-refractivity contribution in [2.75, 3.05) is 39.3 Å². The Balaban J connectivity index is 0.00000261. The standard InChI is InChI=1S/C21H31N3O2.ClH/c1-17(19-9-5-10-22-16-19)15-20(25)23-11-6-12-24(14-13-23)21(26)18-7-3-2-4-8-18;/h2-4,7-8,17,19,22H,5-6,9-16H2,1H3;1H. The lowest BCUT2D eigenvalue weighted by Gasteiger charge is -2.30. The molecular weight excluding hydrogens is 362 g/mol. The number of carbonyl (C=O) groups is 2. The lowest BCUT2D eigenvalue weighted by molar-refractivity contribution is -0.132. The van der Waals surface area contributed by atoms with Crippen LogP contribution in [-0.4, -0.2) is 60.9 Å². The Kier molecular flexibility index (Phi) is 8.58. The van der Waals surface area contributed by atoms with Crippen LogP contribution in [0.25, 0.3) is 0 Å². The van der Waals surface area contributed by atoms with E-state index in [9.17, 15) is 9.59 Å². The molecule has 0 saturated carbocycles. The number of hydrogen-bond acceptors (Lipinski definition) is 3. The van der Waals surface area contributed by atoms with Crippen LogP contribution in [-0.2, 0) is 4.79 Å². The molecule has 2 heterocycles. The molecule has 2 atom stereocenters. The molecular formula is C21H32ClN3O2. The van der Waals surface area contributed by atoms with E-state index in [1.165, 1.54) is 12.8 Å². The Labute approximate surface area is 168 Å². The molecule has 1 aromatic carbocycles. The Morgan fingerprint density at radius 3 is 2.48 bits per heavy atom. The maximum Gasteiger partial charge on any atom is 0.253 e. The maximum atomic E-state index is 12.8. The summed E-state index contributed by atoms with van der Waals surface area (Å²) in [4.78, 5) is 29.2. The first-order valence-corrected chi connectivity index (χ1v) is 9.98. The van der Waals surface area contributed by atoms with E-state index in [1.807, 2.05) is 40.1 Å². The lowest BCUT2D eigenvalue weighted by atomic mass is 9.85. The molecule has 2 aliphatic heterocycles. The van der Waals surface area contributed by atoms with Gasteiger partial charge in [0.1, 0.15) is 0 Å². The van der Waals surface area contributed by atoms with Gasteiger partial charge in [-0.3, -0.25) is 9.59 Å². The fourth-order valence-corrected chi connectivity index (χ4v) is 4.07. The van der Waals surface area contributed by atoms with E-state index < -0.39 is 0 Å². The van der Waals surface area contributed by atoms with Gasteiger partial charge in [0.2, 0.25) is 5.91 Å². The number of carbonyl (C=O) groups excluding carboxylic acids is 2. The first-order valence-electron chi connectivity index (χ1n) is 9.98. The predicted molar refractivity (Wildman–Crippen MR) is 110 cm³/mol. The Morgan fingerprint density at radius 2 is 1.78 bits per heavy atom. The van der Waals surface area contributed by atoms with Gasteiger partial charge >= 0.3 is 0 Å². The van der Waals surface area contributed by atoms with Crippen molar-refractivity contribution in [3.05, 3.63) is 35.9 Å². The summed E-state index contributed by atoms with van der Waals surface area (Å²) in [5, 5.41) is 3.44. The minimum atomic E-state index is 0. The van der Waals surface area contributed by atoms with Crippen molar-refractivity contribution >= 4 is 24.2 Å². The van der Waals surface area contributed by atoms with Crippen LogP contribution in [0.4, 0.5) is 0 Å². The number of halogens is 1. The zero-order valence-corrected chi connectivity index (χ0v) is 17.0. The van der Waals surface area contributed by atoms with Crippen molar-refractivity contribution in [2.24, 2.45) is 11.8 Å². The third-order valence-electron chi connectivity index (χ3n) is 5.79. The van der Waals surface area contributed by atoms with Crippen molar-refractivity contribution < 1.29 is 9.59 Å². The molecule has 0 radical (unpaired) electrons. The van der Waals surface area contributed by atoms with Crippen LogP contribution in [0.15, 0.2) is 30.3 Å². The molecule has 0 aliphatic carbocycles. The summed E-state index contributed by atoms with van der Waals surface area (Å²) in [5.74, 6) is 1.34. The number of piperidine rings is 1. The summed E-state index contributed by atoms with van der Waals surface area (Å²) < 4.78 is 0. The summed E-state index contributed by atoms with van der Waals surface area (Å²) in [6, 6.07) is 9.42. The van der Waals surface area contributed by atoms with Crippen molar-refractivity contribution in [3.63, 3.8) is 0 Å². The predicted octanol–water partition coefficient (Wildman–Crippen LogP) is 2.81. The van der Waals surface area contributed by atoms with Gasteiger partial charge in [-0.15, -0.1) is 12.4 Å². The van der Waals surface area contributed by atoms with Crippen LogP contribution in [0.5, 0.6) is 0 Å². The molecule has 2 unspecified atom stereocenters. The Morgan fingerprint density at radius 1 is 1.07 bits per heavy atom. The fourth-order valence-electron chi connectivity index (χ4n) is 4.07. The quantitative estimate of drug-likeness (QED) is 0.855. The third kappa shape index (κ3) is 5.94. The fraction of sp³-hybridized carbons (Fsp3) is 0.619. The van der Waals surface area contributed by atoms with E-state index >= 15 is 0 Å². The number of benzene rings is 1. The summed E-state index contributed by atoms with van der Waals surface area (Å²) in [6.07, 6.45) is 3.91. The summed E-state index contributed by atoms with van der Waals surface area (Å²) in [5.41, 5.74) is 0.727. The highest BCUT2D eigenvalue weighted by atomic mass is 35.5. The molecule has 150 valence electrons. The molecule has 2 aliphatic rings. The number of rotatable bonds is 4. The van der Waals surface area contributed by atoms with Gasteiger partial charge in [0.25, 0.3) is 5.91 Å². The molecule has 27 heavy (non-hydrogen) atoms. The minimum absolute atomic E-state index is 0. The van der Waals surface area contributed by atoms with Crippen LogP contribution in [0.1, 0.15) is 43.0 Å². The van der Waals surface area contributed by atoms with Crippen molar-refractivity contribution in [1.82, 2.24) is 15.1 Å². The second-order valence-corrected chi connectivity index (χ2v) is 7.68. The normalized spacial score (nSPS) is 21.7. The minimum Gasteiger partial charge on any atom is -0.341 e. The van der Waals surface area contributed by atoms with Crippen LogP contribution < -0.4 is 5.32 Å². The van der Waals surface area contributed by atoms with E-state index in [1.54, 1.807) is 0 Å².